The molecule has 6 heteroatoms. The fourth-order valence-corrected chi connectivity index (χ4v) is 2.95. The second kappa shape index (κ2) is 5.81. The van der Waals surface area contributed by atoms with Crippen molar-refractivity contribution >= 4 is 29.1 Å². The van der Waals surface area contributed by atoms with E-state index < -0.39 is 5.41 Å². The molecule has 1 aromatic heterocycles. The molecule has 128 valence electrons. The highest BCUT2D eigenvalue weighted by atomic mass is 16.5. The van der Waals surface area contributed by atoms with Crippen LogP contribution >= 0.6 is 0 Å². The maximum Gasteiger partial charge on any atom is 0.241 e. The molecule has 0 saturated heterocycles. The molecule has 1 aliphatic rings. The summed E-state index contributed by atoms with van der Waals surface area (Å²) < 4.78 is 5.08. The van der Waals surface area contributed by atoms with Crippen LogP contribution in [0.5, 0.6) is 0 Å². The Hall–Kier alpha value is -3.02. The number of aromatic nitrogens is 1. The van der Waals surface area contributed by atoms with E-state index in [1.54, 1.807) is 23.2 Å². The van der Waals surface area contributed by atoms with Gasteiger partial charge in [-0.15, -0.1) is 0 Å². The lowest BCUT2D eigenvalue weighted by molar-refractivity contribution is -0.121. The van der Waals surface area contributed by atoms with Gasteiger partial charge in [0.25, 0.3) is 0 Å². The normalized spacial score (nSPS) is 15.0. The van der Waals surface area contributed by atoms with Crippen LogP contribution in [0, 0.1) is 17.7 Å². The number of amides is 1. The molecule has 0 bridgehead atoms. The number of carbonyl (C=O) groups excluding carboxylic acids is 1. The lowest BCUT2D eigenvalue weighted by Crippen LogP contribution is -2.33. The van der Waals surface area contributed by atoms with Crippen LogP contribution in [0.25, 0.3) is 0 Å². The molecule has 0 saturated carbocycles. The molecule has 0 aliphatic carbocycles. The summed E-state index contributed by atoms with van der Waals surface area (Å²) >= 11 is 0. The Labute approximate surface area is 146 Å². The molecule has 6 nitrogen and oxygen atoms in total. The van der Waals surface area contributed by atoms with Gasteiger partial charge in [0.2, 0.25) is 11.8 Å². The summed E-state index contributed by atoms with van der Waals surface area (Å²) in [5.41, 5.74) is 3.02. The Balaban J connectivity index is 2.12. The van der Waals surface area contributed by atoms with Crippen molar-refractivity contribution in [2.75, 3.05) is 4.90 Å². The number of rotatable bonds is 2. The summed E-state index contributed by atoms with van der Waals surface area (Å²) in [5.74, 6) is -0.211. The third-order valence-electron chi connectivity index (χ3n) is 4.32. The molecule has 0 radical (unpaired) electrons. The van der Waals surface area contributed by atoms with E-state index in [2.05, 4.69) is 4.98 Å². The molecule has 2 N–H and O–H groups in total. The molecule has 3 rings (SSSR count). The Bertz CT molecular complexity index is 885. The minimum absolute atomic E-state index is 0.0408. The molecule has 1 aromatic carbocycles. The molecule has 0 unspecified atom stereocenters. The van der Waals surface area contributed by atoms with Crippen molar-refractivity contribution in [1.82, 2.24) is 4.98 Å². The zero-order valence-electron chi connectivity index (χ0n) is 14.7. The van der Waals surface area contributed by atoms with E-state index in [9.17, 15) is 4.79 Å². The molecule has 0 atom stereocenters. The van der Waals surface area contributed by atoms with E-state index in [4.69, 9.17) is 15.6 Å². The van der Waals surface area contributed by atoms with Crippen molar-refractivity contribution in [2.45, 2.75) is 33.1 Å². The van der Waals surface area contributed by atoms with E-state index >= 15 is 0 Å². The fourth-order valence-electron chi connectivity index (χ4n) is 2.95. The Morgan fingerprint density at radius 1 is 1.20 bits per heavy atom. The van der Waals surface area contributed by atoms with Gasteiger partial charge >= 0.3 is 0 Å². The molecule has 25 heavy (non-hydrogen) atoms. The number of hydrogen-bond donors (Lipinski definition) is 2. The first-order valence-corrected chi connectivity index (χ1v) is 7.95. The number of nitrogens with one attached hydrogen (secondary N) is 2. The van der Waals surface area contributed by atoms with Crippen LogP contribution in [-0.2, 0) is 14.9 Å². The number of pyridine rings is 1. The number of anilines is 2. The maximum atomic E-state index is 13.0. The molecular weight excluding hydrogens is 316 g/mol. The molecular formula is C19H20N4O2. The van der Waals surface area contributed by atoms with Crippen molar-refractivity contribution < 1.29 is 9.53 Å². The first-order chi connectivity index (χ1) is 11.7. The summed E-state index contributed by atoms with van der Waals surface area (Å²) in [7, 11) is 0. The second-order valence-corrected chi connectivity index (χ2v) is 6.64. The average Bonchev–Trinajstić information content (AvgIpc) is 2.74. The van der Waals surface area contributed by atoms with Crippen LogP contribution in [0.2, 0.25) is 0 Å². The third-order valence-corrected chi connectivity index (χ3v) is 4.32. The van der Waals surface area contributed by atoms with Gasteiger partial charge in [-0.3, -0.25) is 25.5 Å². The predicted molar refractivity (Wildman–Crippen MR) is 96.9 cm³/mol. The second-order valence-electron chi connectivity index (χ2n) is 6.64. The zero-order chi connectivity index (χ0) is 18.4. The highest BCUT2D eigenvalue weighted by molar-refractivity contribution is 6.13. The van der Waals surface area contributed by atoms with Crippen molar-refractivity contribution in [3.8, 4) is 0 Å². The van der Waals surface area contributed by atoms with Crippen molar-refractivity contribution in [2.24, 2.45) is 0 Å². The van der Waals surface area contributed by atoms with Crippen molar-refractivity contribution in [3.05, 3.63) is 53.3 Å². The lowest BCUT2D eigenvalue weighted by Gasteiger charge is -2.20. The minimum atomic E-state index is -0.667. The summed E-state index contributed by atoms with van der Waals surface area (Å²) in [4.78, 5) is 18.9. The highest BCUT2D eigenvalue weighted by Gasteiger charge is 2.44. The number of benzene rings is 1. The molecule has 1 amide bonds. The van der Waals surface area contributed by atoms with E-state index in [-0.39, 0.29) is 17.7 Å². The van der Waals surface area contributed by atoms with Gasteiger partial charge in [0.05, 0.1) is 23.0 Å². The first-order valence-electron chi connectivity index (χ1n) is 7.95. The van der Waals surface area contributed by atoms with Crippen LogP contribution < -0.4 is 4.90 Å². The van der Waals surface area contributed by atoms with Crippen LogP contribution in [0.1, 0.15) is 37.6 Å². The summed E-state index contributed by atoms with van der Waals surface area (Å²) in [6, 6.07) is 9.08. The Kier molecular flexibility index (Phi) is 3.91. The molecule has 2 heterocycles. The number of ether oxygens (including phenoxy) is 1. The van der Waals surface area contributed by atoms with Gasteiger partial charge in [0.1, 0.15) is 0 Å². The van der Waals surface area contributed by atoms with Crippen molar-refractivity contribution in [3.63, 3.8) is 0 Å². The number of fused-ring (bicyclic) bond motifs is 1. The summed E-state index contributed by atoms with van der Waals surface area (Å²) in [6.45, 7) is 7.14. The van der Waals surface area contributed by atoms with Crippen LogP contribution in [0.3, 0.4) is 0 Å². The number of nitrogens with zero attached hydrogens (tertiary/aromatic N) is 2. The van der Waals surface area contributed by atoms with E-state index in [1.807, 2.05) is 39.0 Å². The minimum Gasteiger partial charge on any atom is -0.426 e. The topological polar surface area (TPSA) is 90.1 Å². The SMILES string of the molecule is CC(=N)OC(=N)c1ccc2c(c1)N(c1ccc(C)nc1)C(=O)C2(C)C. The maximum absolute atomic E-state index is 13.0. The van der Waals surface area contributed by atoms with Gasteiger partial charge in [0.15, 0.2) is 5.90 Å². The van der Waals surface area contributed by atoms with Gasteiger partial charge in [-0.05, 0) is 50.6 Å². The van der Waals surface area contributed by atoms with E-state index in [0.717, 1.165) is 11.3 Å². The quantitative estimate of drug-likeness (QED) is 0.647. The number of carbonyl (C=O) groups is 1. The van der Waals surface area contributed by atoms with E-state index in [1.165, 1.54) is 6.92 Å². The third kappa shape index (κ3) is 2.80. The smallest absolute Gasteiger partial charge is 0.241 e. The summed E-state index contributed by atoms with van der Waals surface area (Å²) in [5, 5.41) is 15.4. The van der Waals surface area contributed by atoms with Crippen LogP contribution in [-0.4, -0.2) is 22.7 Å². The van der Waals surface area contributed by atoms with E-state index in [0.29, 0.717) is 16.9 Å². The lowest BCUT2D eigenvalue weighted by atomic mass is 9.86. The number of aryl methyl sites for hydroxylation is 1. The zero-order valence-corrected chi connectivity index (χ0v) is 14.7. The largest absolute Gasteiger partial charge is 0.426 e. The fraction of sp³-hybridized carbons (Fsp3) is 0.263. The standard InChI is InChI=1S/C19H20N4O2/c1-11-5-7-14(10-22-11)23-16-9-13(17(21)25-12(2)20)6-8-15(16)19(3,4)18(23)24/h5-10,20-21H,1-4H3. The van der Waals surface area contributed by atoms with Crippen molar-refractivity contribution in [1.29, 1.82) is 10.8 Å². The molecule has 0 fully saturated rings. The Morgan fingerprint density at radius 3 is 2.52 bits per heavy atom. The van der Waals surface area contributed by atoms with Gasteiger partial charge in [-0.2, -0.15) is 0 Å². The predicted octanol–water partition coefficient (Wildman–Crippen LogP) is 3.69. The molecule has 1 aliphatic heterocycles. The van der Waals surface area contributed by atoms with Crippen LogP contribution in [0.4, 0.5) is 11.4 Å². The Morgan fingerprint density at radius 2 is 1.92 bits per heavy atom. The molecule has 2 aromatic rings. The van der Waals surface area contributed by atoms with Crippen LogP contribution in [0.15, 0.2) is 36.5 Å². The van der Waals surface area contributed by atoms with Gasteiger partial charge in [-0.25, -0.2) is 0 Å². The molecule has 0 spiro atoms. The van der Waals surface area contributed by atoms with Gasteiger partial charge < -0.3 is 4.74 Å². The van der Waals surface area contributed by atoms with Gasteiger partial charge in [-0.1, -0.05) is 6.07 Å². The van der Waals surface area contributed by atoms with Gasteiger partial charge in [0, 0.05) is 18.2 Å². The first kappa shape index (κ1) is 16.8. The summed E-state index contributed by atoms with van der Waals surface area (Å²) in [6.07, 6.45) is 1.68. The monoisotopic (exact) mass is 336 g/mol. The average molecular weight is 336 g/mol. The number of hydrogen-bond acceptors (Lipinski definition) is 5. The highest BCUT2D eigenvalue weighted by Crippen LogP contribution is 2.45.